The number of pyridine rings is 1. The Morgan fingerprint density at radius 3 is 2.88 bits per heavy atom. The maximum Gasteiger partial charge on any atom is 0.275 e. The Kier molecular flexibility index (Phi) is 6.80. The number of hydrogen-bond donors (Lipinski definition) is 2. The molecule has 0 bridgehead atoms. The van der Waals surface area contributed by atoms with Crippen molar-refractivity contribution in [2.75, 3.05) is 45.2 Å². The monoisotopic (exact) mass is 467 g/mol. The van der Waals surface area contributed by atoms with Crippen molar-refractivity contribution in [1.82, 2.24) is 25.5 Å². The summed E-state index contributed by atoms with van der Waals surface area (Å²) in [7, 11) is 3.15. The fraction of sp³-hybridized carbons (Fsp3) is 0.318. The predicted molar refractivity (Wildman–Crippen MR) is 127 cm³/mol. The van der Waals surface area contributed by atoms with Crippen LogP contribution in [0.1, 0.15) is 26.4 Å². The van der Waals surface area contributed by atoms with Gasteiger partial charge in [-0.2, -0.15) is 0 Å². The number of aliphatic imine (C=N–C) groups is 1. The highest BCUT2D eigenvalue weighted by Gasteiger charge is 2.32. The number of methoxy groups -OCH3 is 1. The third-order valence-electron chi connectivity index (χ3n) is 5.36. The highest BCUT2D eigenvalue weighted by atomic mass is 32.1. The third kappa shape index (κ3) is 4.64. The minimum Gasteiger partial charge on any atom is -0.481 e. The van der Waals surface area contributed by atoms with E-state index in [9.17, 15) is 9.59 Å². The van der Waals surface area contributed by atoms with Gasteiger partial charge in [0.2, 0.25) is 5.88 Å². The molecule has 2 amide bonds. The van der Waals surface area contributed by atoms with Crippen LogP contribution in [0.25, 0.3) is 0 Å². The van der Waals surface area contributed by atoms with Crippen molar-refractivity contribution in [3.05, 3.63) is 58.5 Å². The second-order valence-corrected chi connectivity index (χ2v) is 8.21. The van der Waals surface area contributed by atoms with Crippen LogP contribution < -0.4 is 20.3 Å². The van der Waals surface area contributed by atoms with Crippen molar-refractivity contribution >= 4 is 34.5 Å². The van der Waals surface area contributed by atoms with Gasteiger partial charge in [0.1, 0.15) is 5.69 Å². The Morgan fingerprint density at radius 1 is 1.39 bits per heavy atom. The number of ether oxygens (including phenoxy) is 1. The summed E-state index contributed by atoms with van der Waals surface area (Å²) in [4.78, 5) is 42.2. The molecular weight excluding hydrogens is 442 g/mol. The maximum absolute atomic E-state index is 13.0. The zero-order valence-corrected chi connectivity index (χ0v) is 19.3. The van der Waals surface area contributed by atoms with Crippen LogP contribution in [0.2, 0.25) is 0 Å². The van der Waals surface area contributed by atoms with Crippen molar-refractivity contribution in [3.8, 4) is 5.88 Å². The summed E-state index contributed by atoms with van der Waals surface area (Å²) in [5.41, 5.74) is 2.89. The van der Waals surface area contributed by atoms with E-state index in [0.29, 0.717) is 28.8 Å². The number of carbonyl (C=O) groups is 2. The average Bonchev–Trinajstić information content (AvgIpc) is 3.45. The fourth-order valence-corrected chi connectivity index (χ4v) is 4.53. The van der Waals surface area contributed by atoms with E-state index in [-0.39, 0.29) is 17.5 Å². The molecule has 11 heteroatoms. The van der Waals surface area contributed by atoms with E-state index < -0.39 is 0 Å². The number of aromatic nitrogens is 2. The Morgan fingerprint density at radius 2 is 2.18 bits per heavy atom. The minimum absolute atomic E-state index is 0.196. The molecule has 2 aromatic heterocycles. The van der Waals surface area contributed by atoms with E-state index in [4.69, 9.17) is 4.74 Å². The van der Waals surface area contributed by atoms with E-state index in [1.54, 1.807) is 37.0 Å². The summed E-state index contributed by atoms with van der Waals surface area (Å²) in [6, 6.07) is 1.62. The van der Waals surface area contributed by atoms with Crippen molar-refractivity contribution < 1.29 is 14.3 Å². The quantitative estimate of drug-likeness (QED) is 0.468. The van der Waals surface area contributed by atoms with E-state index >= 15 is 0 Å². The number of rotatable bonds is 7. The van der Waals surface area contributed by atoms with Gasteiger partial charge in [-0.15, -0.1) is 11.3 Å². The topological polar surface area (TPSA) is 112 Å². The zero-order valence-electron chi connectivity index (χ0n) is 18.5. The Balaban J connectivity index is 1.53. The van der Waals surface area contributed by atoms with Crippen LogP contribution in [-0.4, -0.2) is 73.2 Å². The number of nitrogens with zero attached hydrogens (tertiary/aromatic N) is 5. The fourth-order valence-electron chi connectivity index (χ4n) is 3.73. The number of fused-ring (bicyclic) bond motifs is 1. The summed E-state index contributed by atoms with van der Waals surface area (Å²) >= 11 is 1.24. The van der Waals surface area contributed by atoms with Crippen molar-refractivity contribution in [2.45, 2.75) is 6.54 Å². The SMILES string of the molecule is C=C/C(=C(\C=NC)NC(=O)c1csc(N2Cc3cnc(OC)cc3C2=O)n1)N1CCNCC1. The summed E-state index contributed by atoms with van der Waals surface area (Å²) in [5.74, 6) is -0.199. The largest absolute Gasteiger partial charge is 0.481 e. The van der Waals surface area contributed by atoms with Crippen molar-refractivity contribution in [2.24, 2.45) is 4.99 Å². The van der Waals surface area contributed by atoms with Crippen LogP contribution >= 0.6 is 11.3 Å². The lowest BCUT2D eigenvalue weighted by Crippen LogP contribution is -2.43. The predicted octanol–water partition coefficient (Wildman–Crippen LogP) is 1.44. The average molecular weight is 468 g/mol. The first kappa shape index (κ1) is 22.6. The van der Waals surface area contributed by atoms with Gasteiger partial charge in [-0.25, -0.2) is 9.97 Å². The second-order valence-electron chi connectivity index (χ2n) is 7.37. The lowest BCUT2D eigenvalue weighted by atomic mass is 10.2. The van der Waals surface area contributed by atoms with Crippen LogP contribution in [0.15, 0.2) is 46.7 Å². The van der Waals surface area contributed by atoms with E-state index in [0.717, 1.165) is 37.4 Å². The molecule has 4 heterocycles. The van der Waals surface area contributed by atoms with Gasteiger partial charge in [0.25, 0.3) is 11.8 Å². The molecule has 0 spiro atoms. The molecule has 0 unspecified atom stereocenters. The molecule has 2 aliphatic heterocycles. The molecule has 0 saturated carbocycles. The molecule has 172 valence electrons. The van der Waals surface area contributed by atoms with Crippen LogP contribution in [-0.2, 0) is 6.54 Å². The summed E-state index contributed by atoms with van der Waals surface area (Å²) < 4.78 is 5.12. The molecule has 0 radical (unpaired) electrons. The lowest BCUT2D eigenvalue weighted by molar-refractivity contribution is 0.0959. The molecular formula is C22H25N7O3S. The normalized spacial score (nSPS) is 16.6. The van der Waals surface area contributed by atoms with Gasteiger partial charge in [-0.1, -0.05) is 6.58 Å². The number of piperazine rings is 1. The number of thiazole rings is 1. The molecule has 0 atom stereocenters. The summed E-state index contributed by atoms with van der Waals surface area (Å²) in [5, 5.41) is 8.29. The molecule has 0 aliphatic carbocycles. The van der Waals surface area contributed by atoms with Gasteiger partial charge in [-0.3, -0.25) is 19.5 Å². The number of anilines is 1. The van der Waals surface area contributed by atoms with Crippen LogP contribution in [0.3, 0.4) is 0 Å². The number of allylic oxidation sites excluding steroid dienone is 2. The number of nitrogens with one attached hydrogen (secondary N) is 2. The maximum atomic E-state index is 13.0. The minimum atomic E-state index is -0.380. The molecule has 1 saturated heterocycles. The first-order chi connectivity index (χ1) is 16.0. The Hall–Kier alpha value is -3.57. The Bertz CT molecular complexity index is 1130. The lowest BCUT2D eigenvalue weighted by Gasteiger charge is -2.31. The van der Waals surface area contributed by atoms with E-state index in [2.05, 4.69) is 37.1 Å². The van der Waals surface area contributed by atoms with Crippen molar-refractivity contribution in [1.29, 1.82) is 0 Å². The standard InChI is InChI=1S/C22H25N7O3S/c1-4-18(28-7-5-24-6-8-28)16(11-23-2)26-20(30)17-13-33-22(27-17)29-12-14-10-25-19(32-3)9-15(14)21(29)31/h4,9-11,13,24H,1,5-8,12H2,2-3H3,(H,26,30)/b18-16-,23-11?. The molecule has 2 aliphatic rings. The highest BCUT2D eigenvalue weighted by molar-refractivity contribution is 7.14. The number of amides is 2. The molecule has 2 aromatic rings. The van der Waals surface area contributed by atoms with Crippen molar-refractivity contribution in [3.63, 3.8) is 0 Å². The molecule has 10 nitrogen and oxygen atoms in total. The molecule has 4 rings (SSSR count). The van der Waals surface area contributed by atoms with Gasteiger partial charge < -0.3 is 20.3 Å². The van der Waals surface area contributed by atoms with Crippen LogP contribution in [0, 0.1) is 0 Å². The second kappa shape index (κ2) is 9.92. The third-order valence-corrected chi connectivity index (χ3v) is 6.23. The summed E-state index contributed by atoms with van der Waals surface area (Å²) in [6.07, 6.45) is 4.95. The van der Waals surface area contributed by atoms with Crippen LogP contribution in [0.4, 0.5) is 5.13 Å². The molecule has 1 fully saturated rings. The first-order valence-electron chi connectivity index (χ1n) is 10.4. The number of hydrogen-bond acceptors (Lipinski definition) is 9. The number of carbonyl (C=O) groups excluding carboxylic acids is 2. The zero-order chi connectivity index (χ0) is 23.4. The van der Waals surface area contributed by atoms with E-state index in [1.807, 2.05) is 0 Å². The van der Waals surface area contributed by atoms with E-state index in [1.165, 1.54) is 23.3 Å². The van der Waals surface area contributed by atoms with Gasteiger partial charge in [-0.05, 0) is 6.08 Å². The smallest absolute Gasteiger partial charge is 0.275 e. The Labute approximate surface area is 195 Å². The molecule has 2 N–H and O–H groups in total. The van der Waals surface area contributed by atoms with Gasteiger partial charge in [0.05, 0.1) is 30.6 Å². The highest BCUT2D eigenvalue weighted by Crippen LogP contribution is 2.31. The first-order valence-corrected chi connectivity index (χ1v) is 11.3. The van der Waals surface area contributed by atoms with Gasteiger partial charge in [0.15, 0.2) is 5.13 Å². The summed E-state index contributed by atoms with van der Waals surface area (Å²) in [6.45, 7) is 7.56. The van der Waals surface area contributed by atoms with Crippen LogP contribution in [0.5, 0.6) is 5.88 Å². The molecule has 33 heavy (non-hydrogen) atoms. The van der Waals surface area contributed by atoms with Gasteiger partial charge in [0, 0.05) is 62.6 Å². The molecule has 0 aromatic carbocycles. The van der Waals surface area contributed by atoms with Gasteiger partial charge >= 0.3 is 0 Å².